The molecule has 0 aliphatic carbocycles. The first-order valence-corrected chi connectivity index (χ1v) is 9.16. The fourth-order valence-electron chi connectivity index (χ4n) is 2.77. The molecule has 0 amide bonds. The molecule has 1 fully saturated rings. The van der Waals surface area contributed by atoms with Gasteiger partial charge in [-0.25, -0.2) is 12.8 Å². The van der Waals surface area contributed by atoms with Crippen LogP contribution in [0.15, 0.2) is 30.5 Å². The monoisotopic (exact) mass is 337 g/mol. The summed E-state index contributed by atoms with van der Waals surface area (Å²) >= 11 is 0. The molecule has 2 heterocycles. The molecule has 0 radical (unpaired) electrons. The Labute approximate surface area is 133 Å². The number of halogens is 1. The van der Waals surface area contributed by atoms with Gasteiger partial charge in [-0.3, -0.25) is 9.48 Å². The van der Waals surface area contributed by atoms with Crippen LogP contribution in [0.25, 0.3) is 0 Å². The van der Waals surface area contributed by atoms with Crippen LogP contribution in [0.2, 0.25) is 0 Å². The molecule has 1 aromatic heterocycles. The molecular formula is C15H16FN3O3S. The van der Waals surface area contributed by atoms with E-state index in [1.165, 1.54) is 35.1 Å². The van der Waals surface area contributed by atoms with Gasteiger partial charge in [-0.2, -0.15) is 0 Å². The maximum Gasteiger partial charge on any atom is 0.214 e. The van der Waals surface area contributed by atoms with Crippen LogP contribution < -0.4 is 0 Å². The molecule has 3 rings (SSSR count). The summed E-state index contributed by atoms with van der Waals surface area (Å²) in [5.74, 6) is -0.371. The first-order valence-electron chi connectivity index (χ1n) is 7.34. The van der Waals surface area contributed by atoms with Gasteiger partial charge in [0.2, 0.25) is 5.78 Å². The van der Waals surface area contributed by atoms with Crippen LogP contribution in [0.5, 0.6) is 0 Å². The van der Waals surface area contributed by atoms with Crippen LogP contribution in [0.3, 0.4) is 0 Å². The summed E-state index contributed by atoms with van der Waals surface area (Å²) in [4.78, 5) is 12.2. The summed E-state index contributed by atoms with van der Waals surface area (Å²) in [5.41, 5.74) is 0.494. The van der Waals surface area contributed by atoms with Crippen molar-refractivity contribution in [2.75, 3.05) is 11.5 Å². The lowest BCUT2D eigenvalue weighted by molar-refractivity contribution is 0.103. The predicted octanol–water partition coefficient (Wildman–Crippen LogP) is 1.47. The summed E-state index contributed by atoms with van der Waals surface area (Å²) in [6.07, 6.45) is 2.98. The van der Waals surface area contributed by atoms with E-state index >= 15 is 0 Å². The molecule has 0 spiro atoms. The lowest BCUT2D eigenvalue weighted by atomic mass is 10.1. The van der Waals surface area contributed by atoms with E-state index in [-0.39, 0.29) is 28.9 Å². The molecule has 2 aromatic rings. The molecule has 0 bridgehead atoms. The molecule has 1 saturated heterocycles. The summed E-state index contributed by atoms with van der Waals surface area (Å²) in [5, 5.41) is 7.74. The molecule has 1 aliphatic rings. The Kier molecular flexibility index (Phi) is 4.25. The summed E-state index contributed by atoms with van der Waals surface area (Å²) in [6.45, 7) is 0.420. The molecule has 23 heavy (non-hydrogen) atoms. The Hall–Kier alpha value is -2.09. The zero-order chi connectivity index (χ0) is 16.4. The molecule has 1 aromatic carbocycles. The van der Waals surface area contributed by atoms with Crippen molar-refractivity contribution in [1.29, 1.82) is 0 Å². The maximum absolute atomic E-state index is 12.9. The second kappa shape index (κ2) is 6.19. The number of carbonyl (C=O) groups is 1. The third-order valence-electron chi connectivity index (χ3n) is 3.88. The van der Waals surface area contributed by atoms with Crippen molar-refractivity contribution >= 4 is 15.6 Å². The van der Waals surface area contributed by atoms with Crippen molar-refractivity contribution < 1.29 is 17.6 Å². The van der Waals surface area contributed by atoms with Crippen molar-refractivity contribution in [3.05, 3.63) is 47.5 Å². The largest absolute Gasteiger partial charge is 0.287 e. The fraction of sp³-hybridized carbons (Fsp3) is 0.400. The zero-order valence-electron chi connectivity index (χ0n) is 12.4. The van der Waals surface area contributed by atoms with Crippen molar-refractivity contribution in [3.8, 4) is 0 Å². The van der Waals surface area contributed by atoms with Gasteiger partial charge < -0.3 is 0 Å². The lowest BCUT2D eigenvalue weighted by Crippen LogP contribution is -2.28. The Balaban J connectivity index is 1.70. The number of benzene rings is 1. The molecule has 8 heteroatoms. The van der Waals surface area contributed by atoms with E-state index in [2.05, 4.69) is 10.3 Å². The average Bonchev–Trinajstić information content (AvgIpc) is 2.95. The lowest BCUT2D eigenvalue weighted by Gasteiger charge is -2.21. The number of aromatic nitrogens is 3. The molecule has 1 unspecified atom stereocenters. The number of ketones is 1. The topological polar surface area (TPSA) is 81.9 Å². The van der Waals surface area contributed by atoms with E-state index in [0.29, 0.717) is 18.5 Å². The number of hydrogen-bond acceptors (Lipinski definition) is 5. The van der Waals surface area contributed by atoms with Gasteiger partial charge in [0.05, 0.1) is 17.7 Å². The minimum atomic E-state index is -2.97. The minimum Gasteiger partial charge on any atom is -0.287 e. The molecular weight excluding hydrogens is 321 g/mol. The standard InChI is InChI=1S/C15H16FN3O3S/c16-13-5-3-12(4-6-13)15(20)14-9-19(18-17-14)8-11-2-1-7-23(21,22)10-11/h3-6,9,11H,1-2,7-8,10H2. The minimum absolute atomic E-state index is 0.00998. The van der Waals surface area contributed by atoms with Crippen LogP contribution in [0, 0.1) is 11.7 Å². The molecule has 0 saturated carbocycles. The van der Waals surface area contributed by atoms with Gasteiger partial charge in [0, 0.05) is 12.1 Å². The van der Waals surface area contributed by atoms with Crippen LogP contribution in [0.4, 0.5) is 4.39 Å². The molecule has 0 N–H and O–H groups in total. The van der Waals surface area contributed by atoms with E-state index in [9.17, 15) is 17.6 Å². The van der Waals surface area contributed by atoms with E-state index < -0.39 is 15.7 Å². The third-order valence-corrected chi connectivity index (χ3v) is 5.77. The van der Waals surface area contributed by atoms with E-state index in [1.807, 2.05) is 0 Å². The van der Waals surface area contributed by atoms with Gasteiger partial charge in [0.1, 0.15) is 5.82 Å². The molecule has 122 valence electrons. The Bertz CT molecular complexity index is 815. The third kappa shape index (κ3) is 3.82. The van der Waals surface area contributed by atoms with Gasteiger partial charge in [0.25, 0.3) is 0 Å². The summed E-state index contributed by atoms with van der Waals surface area (Å²) in [7, 11) is -2.97. The van der Waals surface area contributed by atoms with Gasteiger partial charge in [-0.05, 0) is 43.0 Å². The van der Waals surface area contributed by atoms with E-state index in [4.69, 9.17) is 0 Å². The van der Waals surface area contributed by atoms with Crippen LogP contribution in [-0.4, -0.2) is 40.7 Å². The van der Waals surface area contributed by atoms with Gasteiger partial charge >= 0.3 is 0 Å². The van der Waals surface area contributed by atoms with Gasteiger partial charge in [-0.1, -0.05) is 5.21 Å². The van der Waals surface area contributed by atoms with Crippen LogP contribution in [0.1, 0.15) is 28.9 Å². The normalized spacial score (nSPS) is 20.3. The Morgan fingerprint density at radius 1 is 1.30 bits per heavy atom. The fourth-order valence-corrected chi connectivity index (χ4v) is 4.53. The molecule has 1 aliphatic heterocycles. The van der Waals surface area contributed by atoms with Crippen molar-refractivity contribution in [2.24, 2.45) is 5.92 Å². The van der Waals surface area contributed by atoms with E-state index in [0.717, 1.165) is 6.42 Å². The number of hydrogen-bond donors (Lipinski definition) is 0. The average molecular weight is 337 g/mol. The molecule has 1 atom stereocenters. The van der Waals surface area contributed by atoms with Crippen molar-refractivity contribution in [1.82, 2.24) is 15.0 Å². The van der Waals surface area contributed by atoms with Crippen molar-refractivity contribution in [2.45, 2.75) is 19.4 Å². The van der Waals surface area contributed by atoms with Gasteiger partial charge in [-0.15, -0.1) is 5.10 Å². The smallest absolute Gasteiger partial charge is 0.214 e. The first-order chi connectivity index (χ1) is 10.9. The predicted molar refractivity (Wildman–Crippen MR) is 81.2 cm³/mol. The first kappa shape index (κ1) is 15.8. The highest BCUT2D eigenvalue weighted by Crippen LogP contribution is 2.20. The Morgan fingerprint density at radius 2 is 2.04 bits per heavy atom. The SMILES string of the molecule is O=C(c1ccc(F)cc1)c1cn(CC2CCCS(=O)(=O)C2)nn1. The second-order valence-corrected chi connectivity index (χ2v) is 8.01. The Morgan fingerprint density at radius 3 is 2.74 bits per heavy atom. The second-order valence-electron chi connectivity index (χ2n) is 5.78. The summed E-state index contributed by atoms with van der Waals surface area (Å²) < 4.78 is 37.7. The van der Waals surface area contributed by atoms with Crippen molar-refractivity contribution in [3.63, 3.8) is 0 Å². The highest BCUT2D eigenvalue weighted by Gasteiger charge is 2.25. The summed E-state index contributed by atoms with van der Waals surface area (Å²) in [6, 6.07) is 5.21. The van der Waals surface area contributed by atoms with Crippen LogP contribution in [-0.2, 0) is 16.4 Å². The highest BCUT2D eigenvalue weighted by atomic mass is 32.2. The zero-order valence-corrected chi connectivity index (χ0v) is 13.2. The number of nitrogens with zero attached hydrogens (tertiary/aromatic N) is 3. The number of sulfone groups is 1. The maximum atomic E-state index is 12.9. The number of rotatable bonds is 4. The highest BCUT2D eigenvalue weighted by molar-refractivity contribution is 7.91. The van der Waals surface area contributed by atoms with Gasteiger partial charge in [0.15, 0.2) is 15.5 Å². The molecule has 6 nitrogen and oxygen atoms in total. The van der Waals surface area contributed by atoms with Crippen LogP contribution >= 0.6 is 0 Å². The van der Waals surface area contributed by atoms with E-state index in [1.54, 1.807) is 0 Å². The number of carbonyl (C=O) groups excluding carboxylic acids is 1. The quantitative estimate of drug-likeness (QED) is 0.789.